The van der Waals surface area contributed by atoms with Crippen LogP contribution in [0.1, 0.15) is 42.1 Å². The van der Waals surface area contributed by atoms with Crippen LogP contribution < -0.4 is 5.32 Å². The van der Waals surface area contributed by atoms with Gasteiger partial charge in [-0.2, -0.15) is 0 Å². The first kappa shape index (κ1) is 21.3. The van der Waals surface area contributed by atoms with Crippen LogP contribution in [0.3, 0.4) is 0 Å². The molecule has 166 valence electrons. The van der Waals surface area contributed by atoms with Gasteiger partial charge in [-0.25, -0.2) is 4.98 Å². The number of fused-ring (bicyclic) bond motifs is 1. The number of hydrogen-bond donors (Lipinski definition) is 2. The third kappa shape index (κ3) is 4.76. The highest BCUT2D eigenvalue weighted by Gasteiger charge is 2.23. The van der Waals surface area contributed by atoms with E-state index in [0.29, 0.717) is 5.84 Å². The van der Waals surface area contributed by atoms with Crippen molar-refractivity contribution in [2.45, 2.75) is 38.1 Å². The monoisotopic (exact) mass is 445 g/mol. The highest BCUT2D eigenvalue weighted by atomic mass is 32.2. The normalized spacial score (nSPS) is 16.0. The van der Waals surface area contributed by atoms with Gasteiger partial charge in [0, 0.05) is 35.9 Å². The average Bonchev–Trinajstić information content (AvgIpc) is 3.36. The summed E-state index contributed by atoms with van der Waals surface area (Å²) >= 11 is 1.75. The SMILES string of the molecule is CN(C)CCn1c(Cc2ccc(C3CC3)cc2)nc2cc(NC(=N)C3=CCCS3)ccc21. The number of amidine groups is 1. The van der Waals surface area contributed by atoms with Crippen molar-refractivity contribution in [2.75, 3.05) is 31.7 Å². The molecule has 1 aromatic heterocycles. The molecule has 1 fully saturated rings. The van der Waals surface area contributed by atoms with Gasteiger partial charge in [0.2, 0.25) is 0 Å². The van der Waals surface area contributed by atoms with Crippen LogP contribution in [0.2, 0.25) is 0 Å². The van der Waals surface area contributed by atoms with Gasteiger partial charge in [-0.3, -0.25) is 5.41 Å². The lowest BCUT2D eigenvalue weighted by Crippen LogP contribution is -2.19. The van der Waals surface area contributed by atoms with E-state index in [2.05, 4.69) is 77.4 Å². The number of likely N-dealkylation sites (N-methyl/N-ethyl adjacent to an activating group) is 1. The first-order valence-electron chi connectivity index (χ1n) is 11.5. The summed E-state index contributed by atoms with van der Waals surface area (Å²) in [5, 5.41) is 11.6. The number of rotatable bonds is 8. The number of imidazole rings is 1. The van der Waals surface area contributed by atoms with E-state index in [1.54, 1.807) is 11.8 Å². The first-order chi connectivity index (χ1) is 15.6. The van der Waals surface area contributed by atoms with Crippen LogP contribution in [0.5, 0.6) is 0 Å². The van der Waals surface area contributed by atoms with Gasteiger partial charge in [0.1, 0.15) is 11.7 Å². The Morgan fingerprint density at radius 2 is 2.00 bits per heavy atom. The number of hydrogen-bond acceptors (Lipinski definition) is 4. The molecule has 2 heterocycles. The van der Waals surface area contributed by atoms with Crippen molar-refractivity contribution >= 4 is 34.3 Å². The maximum atomic E-state index is 8.36. The molecule has 1 aliphatic carbocycles. The second-order valence-electron chi connectivity index (χ2n) is 9.08. The minimum atomic E-state index is 0.481. The number of thioether (sulfide) groups is 1. The minimum absolute atomic E-state index is 0.481. The Hall–Kier alpha value is -2.57. The fourth-order valence-corrected chi connectivity index (χ4v) is 5.13. The molecule has 1 saturated carbocycles. The molecule has 0 amide bonds. The molecule has 0 bridgehead atoms. The Balaban J connectivity index is 1.41. The van der Waals surface area contributed by atoms with Gasteiger partial charge < -0.3 is 14.8 Å². The summed E-state index contributed by atoms with van der Waals surface area (Å²) in [4.78, 5) is 8.29. The van der Waals surface area contributed by atoms with E-state index in [0.717, 1.165) is 65.1 Å². The molecule has 5 rings (SSSR count). The quantitative estimate of drug-likeness (QED) is 0.356. The van der Waals surface area contributed by atoms with E-state index in [9.17, 15) is 0 Å². The molecule has 3 aromatic rings. The molecule has 6 heteroatoms. The van der Waals surface area contributed by atoms with Crippen LogP contribution in [-0.4, -0.2) is 46.7 Å². The Kier molecular flexibility index (Phi) is 6.07. The lowest BCUT2D eigenvalue weighted by atomic mass is 10.1. The van der Waals surface area contributed by atoms with Gasteiger partial charge in [-0.15, -0.1) is 11.8 Å². The van der Waals surface area contributed by atoms with Crippen LogP contribution in [-0.2, 0) is 13.0 Å². The summed E-state index contributed by atoms with van der Waals surface area (Å²) in [7, 11) is 4.22. The molecule has 1 aliphatic heterocycles. The van der Waals surface area contributed by atoms with Gasteiger partial charge in [0.25, 0.3) is 0 Å². The zero-order valence-corrected chi connectivity index (χ0v) is 19.7. The smallest absolute Gasteiger partial charge is 0.136 e. The molecule has 0 atom stereocenters. The van der Waals surface area contributed by atoms with Gasteiger partial charge in [-0.1, -0.05) is 30.3 Å². The predicted octanol–water partition coefficient (Wildman–Crippen LogP) is 5.48. The molecule has 0 unspecified atom stereocenters. The third-order valence-electron chi connectivity index (χ3n) is 6.21. The fourth-order valence-electron chi connectivity index (χ4n) is 4.25. The van der Waals surface area contributed by atoms with E-state index in [4.69, 9.17) is 10.4 Å². The first-order valence-corrected chi connectivity index (χ1v) is 12.5. The molecule has 0 saturated heterocycles. The van der Waals surface area contributed by atoms with Crippen molar-refractivity contribution in [1.29, 1.82) is 5.41 Å². The highest BCUT2D eigenvalue weighted by molar-refractivity contribution is 8.04. The lowest BCUT2D eigenvalue weighted by molar-refractivity contribution is 0.384. The average molecular weight is 446 g/mol. The lowest BCUT2D eigenvalue weighted by Gasteiger charge is -2.14. The van der Waals surface area contributed by atoms with Gasteiger partial charge in [0.15, 0.2) is 0 Å². The van der Waals surface area contributed by atoms with Gasteiger partial charge in [0.05, 0.1) is 11.0 Å². The molecule has 2 N–H and O–H groups in total. The molecule has 0 spiro atoms. The molecular weight excluding hydrogens is 414 g/mol. The van der Waals surface area contributed by atoms with E-state index in [-0.39, 0.29) is 0 Å². The van der Waals surface area contributed by atoms with Gasteiger partial charge >= 0.3 is 0 Å². The number of nitrogens with zero attached hydrogens (tertiary/aromatic N) is 3. The van der Waals surface area contributed by atoms with E-state index < -0.39 is 0 Å². The summed E-state index contributed by atoms with van der Waals surface area (Å²) in [5.74, 6) is 3.44. The second kappa shape index (κ2) is 9.12. The maximum absolute atomic E-state index is 8.36. The van der Waals surface area contributed by atoms with Crippen LogP contribution in [0, 0.1) is 5.41 Å². The molecule has 2 aliphatic rings. The van der Waals surface area contributed by atoms with Crippen molar-refractivity contribution in [3.05, 3.63) is 70.4 Å². The zero-order chi connectivity index (χ0) is 22.1. The Morgan fingerprint density at radius 1 is 1.19 bits per heavy atom. The van der Waals surface area contributed by atoms with Crippen molar-refractivity contribution in [3.63, 3.8) is 0 Å². The fraction of sp³-hybridized carbons (Fsp3) is 0.385. The Bertz CT molecular complexity index is 1150. The largest absolute Gasteiger partial charge is 0.340 e. The maximum Gasteiger partial charge on any atom is 0.136 e. The standard InChI is InChI=1S/C26H31N5S/c1-30(2)13-14-31-23-12-11-21(28-26(27)24-4-3-15-32-24)17-22(23)29-25(31)16-18-5-7-19(8-6-18)20-9-10-20/h4-8,11-12,17,20H,3,9-10,13-16H2,1-2H3,(H2,27,28). The summed E-state index contributed by atoms with van der Waals surface area (Å²) < 4.78 is 2.36. The van der Waals surface area contributed by atoms with Crippen molar-refractivity contribution in [1.82, 2.24) is 14.5 Å². The molecule has 5 nitrogen and oxygen atoms in total. The van der Waals surface area contributed by atoms with Crippen LogP contribution in [0.15, 0.2) is 53.4 Å². The number of aromatic nitrogens is 2. The summed E-state index contributed by atoms with van der Waals surface area (Å²) in [5.41, 5.74) is 5.85. The molecular formula is C26H31N5S. The molecule has 32 heavy (non-hydrogen) atoms. The molecule has 0 radical (unpaired) electrons. The molecule has 2 aromatic carbocycles. The summed E-state index contributed by atoms with van der Waals surface area (Å²) in [6.45, 7) is 1.88. The van der Waals surface area contributed by atoms with E-state index in [1.807, 2.05) is 0 Å². The Labute approximate surface area is 194 Å². The number of benzene rings is 2. The number of anilines is 1. The number of allylic oxidation sites excluding steroid dienone is 1. The van der Waals surface area contributed by atoms with Crippen molar-refractivity contribution in [2.24, 2.45) is 0 Å². The van der Waals surface area contributed by atoms with Gasteiger partial charge in [-0.05, 0) is 68.6 Å². The van der Waals surface area contributed by atoms with E-state index in [1.165, 1.54) is 24.0 Å². The van der Waals surface area contributed by atoms with Crippen LogP contribution in [0.4, 0.5) is 5.69 Å². The Morgan fingerprint density at radius 3 is 2.69 bits per heavy atom. The van der Waals surface area contributed by atoms with Crippen molar-refractivity contribution in [3.8, 4) is 0 Å². The summed E-state index contributed by atoms with van der Waals surface area (Å²) in [6, 6.07) is 15.4. The van der Waals surface area contributed by atoms with Crippen LogP contribution in [0.25, 0.3) is 11.0 Å². The van der Waals surface area contributed by atoms with Crippen molar-refractivity contribution < 1.29 is 0 Å². The predicted molar refractivity (Wildman–Crippen MR) is 136 cm³/mol. The number of nitrogens with one attached hydrogen (secondary N) is 2. The van der Waals surface area contributed by atoms with E-state index >= 15 is 0 Å². The topological polar surface area (TPSA) is 56.9 Å². The minimum Gasteiger partial charge on any atom is -0.340 e. The highest BCUT2D eigenvalue weighted by Crippen LogP contribution is 2.40. The second-order valence-corrected chi connectivity index (χ2v) is 10.2. The van der Waals surface area contributed by atoms with Crippen LogP contribution >= 0.6 is 11.8 Å². The summed E-state index contributed by atoms with van der Waals surface area (Å²) in [6.07, 6.45) is 6.69. The third-order valence-corrected chi connectivity index (χ3v) is 7.33. The zero-order valence-electron chi connectivity index (χ0n) is 18.9.